The lowest BCUT2D eigenvalue weighted by molar-refractivity contribution is -0.417. The first kappa shape index (κ1) is 11.6. The minimum absolute atomic E-state index is 0.0978. The van der Waals surface area contributed by atoms with Crippen molar-refractivity contribution in [3.63, 3.8) is 0 Å². The molecule has 0 saturated heterocycles. The number of halogens is 1. The molecule has 0 atom stereocenters. The van der Waals surface area contributed by atoms with Gasteiger partial charge in [0.15, 0.2) is 5.76 Å². The summed E-state index contributed by atoms with van der Waals surface area (Å²) in [7, 11) is 1.32. The number of methoxy groups -OCH3 is 1. The fourth-order valence-electron chi connectivity index (χ4n) is 0.587. The van der Waals surface area contributed by atoms with Gasteiger partial charge in [0.1, 0.15) is 0 Å². The quantitative estimate of drug-likeness (QED) is 0.304. The minimum atomic E-state index is -0.659. The van der Waals surface area contributed by atoms with Gasteiger partial charge in [0.2, 0.25) is 5.17 Å². The summed E-state index contributed by atoms with van der Waals surface area (Å²) in [5.41, 5.74) is -0.357. The fourth-order valence-corrected chi connectivity index (χ4v) is 0.858. The van der Waals surface area contributed by atoms with Gasteiger partial charge >= 0.3 is 5.70 Å². The lowest BCUT2D eigenvalue weighted by atomic mass is 10.4. The highest BCUT2D eigenvalue weighted by Crippen LogP contribution is 2.11. The van der Waals surface area contributed by atoms with Gasteiger partial charge in [-0.3, -0.25) is 10.1 Å². The second kappa shape index (κ2) is 5.31. The molecule has 0 spiro atoms. The van der Waals surface area contributed by atoms with Crippen molar-refractivity contribution in [2.75, 3.05) is 7.11 Å². The number of nitro groups is 1. The molecule has 0 aromatic carbocycles. The van der Waals surface area contributed by atoms with Crippen LogP contribution in [-0.4, -0.2) is 17.2 Å². The van der Waals surface area contributed by atoms with Gasteiger partial charge in [-0.05, 0) is 0 Å². The number of ether oxygens (including phenoxy) is 1. The van der Waals surface area contributed by atoms with Crippen molar-refractivity contribution in [3.8, 4) is 0 Å². The summed E-state index contributed by atoms with van der Waals surface area (Å²) in [6.07, 6.45) is 1.12. The Morgan fingerprint density at radius 2 is 2.31 bits per heavy atom. The Hall–Kier alpha value is -1.36. The highest BCUT2D eigenvalue weighted by atomic mass is 35.5. The average molecular weight is 205 g/mol. The predicted octanol–water partition coefficient (Wildman–Crippen LogP) is 1.92. The van der Waals surface area contributed by atoms with Gasteiger partial charge in [0.25, 0.3) is 0 Å². The van der Waals surface area contributed by atoms with Gasteiger partial charge in [-0.25, -0.2) is 4.99 Å². The fraction of sp³-hybridized carbons (Fsp3) is 0.286. The van der Waals surface area contributed by atoms with Gasteiger partial charge in [0, 0.05) is 13.1 Å². The van der Waals surface area contributed by atoms with E-state index in [2.05, 4.69) is 16.3 Å². The molecule has 13 heavy (non-hydrogen) atoms. The molecule has 0 fully saturated rings. The van der Waals surface area contributed by atoms with Crippen LogP contribution in [0.1, 0.15) is 6.92 Å². The maximum atomic E-state index is 10.5. The molecular weight excluding hydrogens is 196 g/mol. The summed E-state index contributed by atoms with van der Waals surface area (Å²) in [5, 5.41) is 10.2. The molecule has 0 radical (unpaired) electrons. The second-order valence-electron chi connectivity index (χ2n) is 1.97. The Kier molecular flexibility index (Phi) is 4.76. The third-order valence-electron chi connectivity index (χ3n) is 1.22. The monoisotopic (exact) mass is 204 g/mol. The van der Waals surface area contributed by atoms with Crippen LogP contribution in [0, 0.1) is 10.1 Å². The maximum absolute atomic E-state index is 10.5. The zero-order chi connectivity index (χ0) is 10.4. The largest absolute Gasteiger partial charge is 0.494 e. The van der Waals surface area contributed by atoms with E-state index in [4.69, 9.17) is 11.6 Å². The van der Waals surface area contributed by atoms with Crippen LogP contribution in [0.25, 0.3) is 0 Å². The molecule has 0 aromatic rings. The van der Waals surface area contributed by atoms with Crippen LogP contribution in [0.5, 0.6) is 0 Å². The molecular formula is C7H9ClN2O3. The molecule has 0 unspecified atom stereocenters. The van der Waals surface area contributed by atoms with Gasteiger partial charge in [-0.15, -0.1) is 0 Å². The second-order valence-corrected chi connectivity index (χ2v) is 2.33. The first-order valence-electron chi connectivity index (χ1n) is 3.28. The van der Waals surface area contributed by atoms with Crippen molar-refractivity contribution >= 4 is 16.8 Å². The van der Waals surface area contributed by atoms with E-state index in [1.54, 1.807) is 0 Å². The molecule has 0 aliphatic heterocycles. The van der Waals surface area contributed by atoms with Crippen molar-refractivity contribution in [1.82, 2.24) is 0 Å². The molecule has 0 heterocycles. The standard InChI is InChI=1S/C7H9ClN2O3/c1-4-9-7(8)6(10(11)12)5(2)13-3/h4H,1H2,2-3H3/b6-5-,9-7?. The summed E-state index contributed by atoms with van der Waals surface area (Å²) in [6.45, 7) is 4.70. The van der Waals surface area contributed by atoms with Crippen molar-refractivity contribution < 1.29 is 9.66 Å². The van der Waals surface area contributed by atoms with E-state index in [0.29, 0.717) is 0 Å². The molecule has 0 aromatic heterocycles. The smallest absolute Gasteiger partial charge is 0.343 e. The van der Waals surface area contributed by atoms with Gasteiger partial charge in [0.05, 0.1) is 12.0 Å². The average Bonchev–Trinajstić information content (AvgIpc) is 2.04. The van der Waals surface area contributed by atoms with Crippen LogP contribution >= 0.6 is 11.6 Å². The lowest BCUT2D eigenvalue weighted by Gasteiger charge is -2.00. The molecule has 6 heteroatoms. The van der Waals surface area contributed by atoms with Crippen LogP contribution in [0.3, 0.4) is 0 Å². The molecule has 0 rings (SSSR count). The topological polar surface area (TPSA) is 64.7 Å². The van der Waals surface area contributed by atoms with E-state index >= 15 is 0 Å². The first-order valence-corrected chi connectivity index (χ1v) is 3.66. The third kappa shape index (κ3) is 3.25. The number of hydrogen-bond donors (Lipinski definition) is 0. The SMILES string of the molecule is C=CN=C(Cl)/C(=C(\C)OC)[N+](=O)[O-]. The Morgan fingerprint density at radius 1 is 1.77 bits per heavy atom. The van der Waals surface area contributed by atoms with Crippen LogP contribution in [0.15, 0.2) is 29.2 Å². The van der Waals surface area contributed by atoms with Gasteiger partial charge < -0.3 is 4.74 Å². The van der Waals surface area contributed by atoms with E-state index in [9.17, 15) is 10.1 Å². The molecule has 0 N–H and O–H groups in total. The number of nitrogens with zero attached hydrogens (tertiary/aromatic N) is 2. The summed E-state index contributed by atoms with van der Waals surface area (Å²) in [4.78, 5) is 13.3. The van der Waals surface area contributed by atoms with Crippen LogP contribution in [0.2, 0.25) is 0 Å². The molecule has 0 saturated carbocycles. The summed E-state index contributed by atoms with van der Waals surface area (Å²) < 4.78 is 4.68. The lowest BCUT2D eigenvalue weighted by Crippen LogP contribution is -2.09. The number of hydrogen-bond acceptors (Lipinski definition) is 4. The number of rotatable bonds is 4. The number of aliphatic imine (C=N–C) groups is 1. The highest BCUT2D eigenvalue weighted by Gasteiger charge is 2.21. The summed E-state index contributed by atoms with van der Waals surface area (Å²) in [6, 6.07) is 0. The zero-order valence-corrected chi connectivity index (χ0v) is 8.04. The van der Waals surface area contributed by atoms with Crippen LogP contribution in [-0.2, 0) is 4.74 Å². The summed E-state index contributed by atoms with van der Waals surface area (Å²) >= 11 is 5.51. The van der Waals surface area contributed by atoms with Gasteiger partial charge in [-0.2, -0.15) is 0 Å². The van der Waals surface area contributed by atoms with Crippen molar-refractivity contribution in [1.29, 1.82) is 0 Å². The molecule has 0 aliphatic rings. The molecule has 72 valence electrons. The Labute approximate surface area is 80.5 Å². The van der Waals surface area contributed by atoms with E-state index in [0.717, 1.165) is 6.20 Å². The van der Waals surface area contributed by atoms with E-state index in [1.807, 2.05) is 0 Å². The van der Waals surface area contributed by atoms with Crippen LogP contribution < -0.4 is 0 Å². The highest BCUT2D eigenvalue weighted by molar-refractivity contribution is 6.69. The van der Waals surface area contributed by atoms with Crippen molar-refractivity contribution in [3.05, 3.63) is 34.3 Å². The predicted molar refractivity (Wildman–Crippen MR) is 50.2 cm³/mol. The molecule has 0 amide bonds. The number of allylic oxidation sites excluding steroid dienone is 2. The van der Waals surface area contributed by atoms with Crippen molar-refractivity contribution in [2.24, 2.45) is 4.99 Å². The maximum Gasteiger partial charge on any atom is 0.343 e. The summed E-state index contributed by atoms with van der Waals surface area (Å²) in [5.74, 6) is 0.0978. The Morgan fingerprint density at radius 3 is 2.62 bits per heavy atom. The Bertz CT molecular complexity index is 283. The third-order valence-corrected chi connectivity index (χ3v) is 1.50. The molecule has 0 aliphatic carbocycles. The normalized spacial score (nSPS) is 13.3. The van der Waals surface area contributed by atoms with E-state index in [1.165, 1.54) is 14.0 Å². The van der Waals surface area contributed by atoms with E-state index in [-0.39, 0.29) is 16.6 Å². The zero-order valence-electron chi connectivity index (χ0n) is 7.28. The molecule has 0 bridgehead atoms. The first-order chi connectivity index (χ1) is 6.04. The van der Waals surface area contributed by atoms with Crippen molar-refractivity contribution in [2.45, 2.75) is 6.92 Å². The van der Waals surface area contributed by atoms with Crippen LogP contribution in [0.4, 0.5) is 0 Å². The molecule has 5 nitrogen and oxygen atoms in total. The minimum Gasteiger partial charge on any atom is -0.494 e. The Balaban J connectivity index is 5.16. The van der Waals surface area contributed by atoms with Gasteiger partial charge in [-0.1, -0.05) is 18.2 Å². The van der Waals surface area contributed by atoms with E-state index < -0.39 is 4.92 Å².